The molecule has 5 nitrogen and oxygen atoms in total. The Morgan fingerprint density at radius 3 is 2.43 bits per heavy atom. The standard InChI is InChI=1S/C21H24F2N2O3/c1-3-12-24-21(27)15(2)25(13-16-6-4-5-7-19(16)23)20(26)14-28-18-10-8-17(22)9-11-18/h4-11,15H,3,12-14H2,1-2H3,(H,24,27)/t15-/m0/s1. The first-order valence-electron chi connectivity index (χ1n) is 9.11. The lowest BCUT2D eigenvalue weighted by atomic mass is 10.1. The molecule has 0 spiro atoms. The number of ether oxygens (including phenoxy) is 1. The van der Waals surface area contributed by atoms with Crippen LogP contribution in [0.25, 0.3) is 0 Å². The average Bonchev–Trinajstić information content (AvgIpc) is 2.70. The van der Waals surface area contributed by atoms with Crippen molar-refractivity contribution in [3.8, 4) is 5.75 Å². The van der Waals surface area contributed by atoms with Crippen LogP contribution in [0.3, 0.4) is 0 Å². The summed E-state index contributed by atoms with van der Waals surface area (Å²) in [6.07, 6.45) is 0.757. The van der Waals surface area contributed by atoms with E-state index in [9.17, 15) is 18.4 Å². The Kier molecular flexibility index (Phi) is 7.92. The third-order valence-corrected chi connectivity index (χ3v) is 4.19. The lowest BCUT2D eigenvalue weighted by Crippen LogP contribution is -2.49. The molecule has 150 valence electrons. The summed E-state index contributed by atoms with van der Waals surface area (Å²) in [5, 5.41) is 2.74. The van der Waals surface area contributed by atoms with E-state index in [1.165, 1.54) is 35.2 Å². The van der Waals surface area contributed by atoms with Crippen LogP contribution in [0, 0.1) is 11.6 Å². The summed E-state index contributed by atoms with van der Waals surface area (Å²) in [7, 11) is 0. The number of amides is 2. The van der Waals surface area contributed by atoms with Gasteiger partial charge in [-0.2, -0.15) is 0 Å². The van der Waals surface area contributed by atoms with Gasteiger partial charge < -0.3 is 15.0 Å². The summed E-state index contributed by atoms with van der Waals surface area (Å²) in [6.45, 7) is 3.56. The van der Waals surface area contributed by atoms with E-state index in [4.69, 9.17) is 4.74 Å². The van der Waals surface area contributed by atoms with Crippen LogP contribution in [0.1, 0.15) is 25.8 Å². The number of hydrogen-bond donors (Lipinski definition) is 1. The Bertz CT molecular complexity index is 796. The molecule has 0 aliphatic rings. The number of carbonyl (C=O) groups excluding carboxylic acids is 2. The lowest BCUT2D eigenvalue weighted by molar-refractivity contribution is -0.142. The molecule has 0 radical (unpaired) electrons. The molecule has 7 heteroatoms. The summed E-state index contributed by atoms with van der Waals surface area (Å²) < 4.78 is 32.4. The molecule has 2 rings (SSSR count). The SMILES string of the molecule is CCCNC(=O)[C@H](C)N(Cc1ccccc1F)C(=O)COc1ccc(F)cc1. The monoisotopic (exact) mass is 390 g/mol. The zero-order chi connectivity index (χ0) is 20.5. The van der Waals surface area contributed by atoms with E-state index in [1.807, 2.05) is 6.92 Å². The van der Waals surface area contributed by atoms with Crippen molar-refractivity contribution in [2.24, 2.45) is 0 Å². The molecule has 0 aliphatic carbocycles. The molecule has 0 aliphatic heterocycles. The Morgan fingerprint density at radius 2 is 1.79 bits per heavy atom. The van der Waals surface area contributed by atoms with Crippen LogP contribution in [0.15, 0.2) is 48.5 Å². The van der Waals surface area contributed by atoms with Gasteiger partial charge in [0.1, 0.15) is 23.4 Å². The lowest BCUT2D eigenvalue weighted by Gasteiger charge is -2.28. The Morgan fingerprint density at radius 1 is 1.11 bits per heavy atom. The fraction of sp³-hybridized carbons (Fsp3) is 0.333. The highest BCUT2D eigenvalue weighted by Gasteiger charge is 2.27. The van der Waals surface area contributed by atoms with Crippen molar-refractivity contribution in [1.82, 2.24) is 10.2 Å². The average molecular weight is 390 g/mol. The third kappa shape index (κ3) is 6.04. The van der Waals surface area contributed by atoms with E-state index in [1.54, 1.807) is 25.1 Å². The molecular weight excluding hydrogens is 366 g/mol. The van der Waals surface area contributed by atoms with Crippen molar-refractivity contribution in [3.63, 3.8) is 0 Å². The van der Waals surface area contributed by atoms with Gasteiger partial charge in [0, 0.05) is 18.7 Å². The van der Waals surface area contributed by atoms with Crippen LogP contribution in [0.2, 0.25) is 0 Å². The van der Waals surface area contributed by atoms with E-state index in [2.05, 4.69) is 5.32 Å². The highest BCUT2D eigenvalue weighted by Crippen LogP contribution is 2.15. The summed E-state index contributed by atoms with van der Waals surface area (Å²) in [6, 6.07) is 10.5. The molecule has 1 N–H and O–H groups in total. The van der Waals surface area contributed by atoms with Gasteiger partial charge in [-0.1, -0.05) is 25.1 Å². The maximum atomic E-state index is 14.1. The molecule has 0 bridgehead atoms. The van der Waals surface area contributed by atoms with Gasteiger partial charge in [-0.05, 0) is 43.7 Å². The fourth-order valence-electron chi connectivity index (χ4n) is 2.55. The topological polar surface area (TPSA) is 58.6 Å². The van der Waals surface area contributed by atoms with E-state index in [-0.39, 0.29) is 19.1 Å². The summed E-state index contributed by atoms with van der Waals surface area (Å²) in [5.74, 6) is -1.36. The first kappa shape index (κ1) is 21.3. The normalized spacial score (nSPS) is 11.6. The van der Waals surface area contributed by atoms with Crippen LogP contribution >= 0.6 is 0 Å². The van der Waals surface area contributed by atoms with Crippen LogP contribution in [0.5, 0.6) is 5.75 Å². The molecule has 0 fully saturated rings. The van der Waals surface area contributed by atoms with Gasteiger partial charge in [0.2, 0.25) is 5.91 Å². The zero-order valence-electron chi connectivity index (χ0n) is 16.0. The second-order valence-electron chi connectivity index (χ2n) is 6.32. The van der Waals surface area contributed by atoms with Crippen molar-refractivity contribution >= 4 is 11.8 Å². The molecule has 0 unspecified atom stereocenters. The molecule has 2 aromatic rings. The van der Waals surface area contributed by atoms with E-state index >= 15 is 0 Å². The number of hydrogen-bond acceptors (Lipinski definition) is 3. The van der Waals surface area contributed by atoms with Crippen molar-refractivity contribution < 1.29 is 23.1 Å². The van der Waals surface area contributed by atoms with Gasteiger partial charge in [-0.3, -0.25) is 9.59 Å². The van der Waals surface area contributed by atoms with Crippen molar-refractivity contribution in [2.45, 2.75) is 32.9 Å². The van der Waals surface area contributed by atoms with Crippen LogP contribution < -0.4 is 10.1 Å². The van der Waals surface area contributed by atoms with E-state index < -0.39 is 23.6 Å². The molecule has 0 heterocycles. The van der Waals surface area contributed by atoms with Gasteiger partial charge in [0.15, 0.2) is 6.61 Å². The van der Waals surface area contributed by atoms with Gasteiger partial charge >= 0.3 is 0 Å². The molecule has 0 saturated heterocycles. The highest BCUT2D eigenvalue weighted by atomic mass is 19.1. The predicted octanol–water partition coefficient (Wildman–Crippen LogP) is 3.29. The molecule has 2 aromatic carbocycles. The van der Waals surface area contributed by atoms with Crippen molar-refractivity contribution in [3.05, 3.63) is 65.7 Å². The smallest absolute Gasteiger partial charge is 0.261 e. The molecule has 1 atom stereocenters. The first-order chi connectivity index (χ1) is 13.4. The van der Waals surface area contributed by atoms with Gasteiger partial charge in [-0.25, -0.2) is 8.78 Å². The quantitative estimate of drug-likeness (QED) is 0.715. The number of halogens is 2. The fourth-order valence-corrected chi connectivity index (χ4v) is 2.55. The largest absolute Gasteiger partial charge is 0.484 e. The predicted molar refractivity (Wildman–Crippen MR) is 102 cm³/mol. The molecule has 0 aromatic heterocycles. The molecule has 2 amide bonds. The zero-order valence-corrected chi connectivity index (χ0v) is 16.0. The molecule has 0 saturated carbocycles. The number of rotatable bonds is 9. The minimum atomic E-state index is -0.810. The maximum Gasteiger partial charge on any atom is 0.261 e. The number of carbonyl (C=O) groups is 2. The molecule has 28 heavy (non-hydrogen) atoms. The highest BCUT2D eigenvalue weighted by molar-refractivity contribution is 5.87. The number of nitrogens with one attached hydrogen (secondary N) is 1. The number of benzene rings is 2. The Labute approximate surface area is 163 Å². The molecular formula is C21H24F2N2O3. The van der Waals surface area contributed by atoms with Crippen LogP contribution in [-0.2, 0) is 16.1 Å². The summed E-state index contributed by atoms with van der Waals surface area (Å²) in [4.78, 5) is 26.4. The van der Waals surface area contributed by atoms with Gasteiger partial charge in [0.25, 0.3) is 5.91 Å². The van der Waals surface area contributed by atoms with Crippen LogP contribution in [0.4, 0.5) is 8.78 Å². The van der Waals surface area contributed by atoms with E-state index in [0.29, 0.717) is 17.9 Å². The summed E-state index contributed by atoms with van der Waals surface area (Å²) in [5.41, 5.74) is 0.299. The third-order valence-electron chi connectivity index (χ3n) is 4.19. The van der Waals surface area contributed by atoms with Gasteiger partial charge in [0.05, 0.1) is 0 Å². The number of nitrogens with zero attached hydrogens (tertiary/aromatic N) is 1. The van der Waals surface area contributed by atoms with Crippen molar-refractivity contribution in [1.29, 1.82) is 0 Å². The minimum absolute atomic E-state index is 0.0704. The maximum absolute atomic E-state index is 14.1. The summed E-state index contributed by atoms with van der Waals surface area (Å²) >= 11 is 0. The second kappa shape index (κ2) is 10.4. The second-order valence-corrected chi connectivity index (χ2v) is 6.32. The van der Waals surface area contributed by atoms with E-state index in [0.717, 1.165) is 6.42 Å². The van der Waals surface area contributed by atoms with Crippen molar-refractivity contribution in [2.75, 3.05) is 13.2 Å². The Balaban J connectivity index is 2.13. The van der Waals surface area contributed by atoms with Gasteiger partial charge in [-0.15, -0.1) is 0 Å². The first-order valence-corrected chi connectivity index (χ1v) is 9.11. The minimum Gasteiger partial charge on any atom is -0.484 e. The Hall–Kier alpha value is -2.96. The van der Waals surface area contributed by atoms with Crippen LogP contribution in [-0.4, -0.2) is 35.9 Å².